The van der Waals surface area contributed by atoms with Crippen LogP contribution < -0.4 is 0 Å². The molecule has 1 aliphatic heterocycles. The molecular formula is C21H23FN2O3S. The zero-order valence-electron chi connectivity index (χ0n) is 15.9. The predicted molar refractivity (Wildman–Crippen MR) is 107 cm³/mol. The van der Waals surface area contributed by atoms with E-state index in [1.165, 1.54) is 22.5 Å². The minimum Gasteiger partial charge on any atom is -0.337 e. The van der Waals surface area contributed by atoms with Crippen LogP contribution in [0.1, 0.15) is 16.7 Å². The van der Waals surface area contributed by atoms with Gasteiger partial charge in [0.15, 0.2) is 0 Å². The van der Waals surface area contributed by atoms with E-state index in [-0.39, 0.29) is 29.7 Å². The molecule has 0 aliphatic carbocycles. The van der Waals surface area contributed by atoms with Gasteiger partial charge in [0.25, 0.3) is 0 Å². The number of halogens is 1. The molecule has 5 nitrogen and oxygen atoms in total. The summed E-state index contributed by atoms with van der Waals surface area (Å²) >= 11 is 0. The molecule has 1 saturated heterocycles. The molecule has 28 heavy (non-hydrogen) atoms. The third-order valence-electron chi connectivity index (χ3n) is 4.93. The lowest BCUT2D eigenvalue weighted by Crippen LogP contribution is -2.50. The van der Waals surface area contributed by atoms with E-state index in [9.17, 15) is 17.6 Å². The summed E-state index contributed by atoms with van der Waals surface area (Å²) < 4.78 is 40.3. The fourth-order valence-corrected chi connectivity index (χ4v) is 4.56. The first-order valence-electron chi connectivity index (χ1n) is 9.07. The second-order valence-electron chi connectivity index (χ2n) is 6.86. The zero-order valence-corrected chi connectivity index (χ0v) is 16.7. The molecule has 0 radical (unpaired) electrons. The fourth-order valence-electron chi connectivity index (χ4n) is 3.06. The highest BCUT2D eigenvalue weighted by Gasteiger charge is 2.29. The summed E-state index contributed by atoms with van der Waals surface area (Å²) in [6, 6.07) is 11.1. The van der Waals surface area contributed by atoms with Crippen molar-refractivity contribution in [3.63, 3.8) is 0 Å². The molecule has 1 heterocycles. The van der Waals surface area contributed by atoms with Gasteiger partial charge >= 0.3 is 0 Å². The molecule has 7 heteroatoms. The molecule has 1 amide bonds. The van der Waals surface area contributed by atoms with Crippen LogP contribution in [0.2, 0.25) is 0 Å². The molecule has 0 aromatic heterocycles. The molecule has 1 aliphatic rings. The van der Waals surface area contributed by atoms with Crippen molar-refractivity contribution < 1.29 is 17.6 Å². The van der Waals surface area contributed by atoms with E-state index >= 15 is 0 Å². The SMILES string of the molecule is Cc1ccc(S(=O)(=O)N2CCN(C(=O)C=Cc3cccc(F)c3)CC2)cc1C. The minimum absolute atomic E-state index is 0.215. The van der Waals surface area contributed by atoms with Crippen LogP contribution in [0.25, 0.3) is 6.08 Å². The fraction of sp³-hybridized carbons (Fsp3) is 0.286. The van der Waals surface area contributed by atoms with Crippen molar-refractivity contribution in [1.82, 2.24) is 9.21 Å². The van der Waals surface area contributed by atoms with Crippen molar-refractivity contribution >= 4 is 22.0 Å². The van der Waals surface area contributed by atoms with Gasteiger partial charge in [-0.25, -0.2) is 12.8 Å². The molecule has 2 aromatic carbocycles. The van der Waals surface area contributed by atoms with Crippen molar-refractivity contribution in [3.8, 4) is 0 Å². The molecule has 1 fully saturated rings. The number of nitrogens with zero attached hydrogens (tertiary/aromatic N) is 2. The summed E-state index contributed by atoms with van der Waals surface area (Å²) in [6.07, 6.45) is 2.95. The summed E-state index contributed by atoms with van der Waals surface area (Å²) in [4.78, 5) is 14.2. The zero-order chi connectivity index (χ0) is 20.3. The van der Waals surface area contributed by atoms with Gasteiger partial charge in [-0.15, -0.1) is 0 Å². The Bertz CT molecular complexity index is 1010. The number of rotatable bonds is 4. The molecule has 2 aromatic rings. The Kier molecular flexibility index (Phi) is 5.96. The van der Waals surface area contributed by atoms with Crippen LogP contribution in [-0.2, 0) is 14.8 Å². The number of piperazine rings is 1. The normalized spacial score (nSPS) is 15.9. The van der Waals surface area contributed by atoms with Crippen LogP contribution in [0.15, 0.2) is 53.4 Å². The molecule has 0 bridgehead atoms. The first-order chi connectivity index (χ1) is 13.3. The number of hydrogen-bond donors (Lipinski definition) is 0. The molecule has 0 N–H and O–H groups in total. The summed E-state index contributed by atoms with van der Waals surface area (Å²) in [6.45, 7) is 4.94. The number of benzene rings is 2. The predicted octanol–water partition coefficient (Wildman–Crippen LogP) is 2.99. The van der Waals surface area contributed by atoms with Crippen LogP contribution in [0.3, 0.4) is 0 Å². The third kappa shape index (κ3) is 4.48. The van der Waals surface area contributed by atoms with Gasteiger partial charge in [0.2, 0.25) is 15.9 Å². The number of sulfonamides is 1. The topological polar surface area (TPSA) is 57.7 Å². The van der Waals surface area contributed by atoms with Gasteiger partial charge in [0, 0.05) is 32.3 Å². The van der Waals surface area contributed by atoms with E-state index in [1.54, 1.807) is 41.3 Å². The van der Waals surface area contributed by atoms with Crippen LogP contribution in [0.5, 0.6) is 0 Å². The molecule has 148 valence electrons. The third-order valence-corrected chi connectivity index (χ3v) is 6.83. The van der Waals surface area contributed by atoms with E-state index in [0.717, 1.165) is 11.1 Å². The first-order valence-corrected chi connectivity index (χ1v) is 10.5. The summed E-state index contributed by atoms with van der Waals surface area (Å²) in [7, 11) is -3.57. The standard InChI is InChI=1S/C21H23FN2O3S/c1-16-6-8-20(14-17(16)2)28(26,27)24-12-10-23(11-13-24)21(25)9-7-18-4-3-5-19(22)15-18/h3-9,14-15H,10-13H2,1-2H3. The Morgan fingerprint density at radius 3 is 2.36 bits per heavy atom. The maximum absolute atomic E-state index is 13.2. The molecule has 3 rings (SSSR count). The Labute approximate surface area is 165 Å². The van der Waals surface area contributed by atoms with Gasteiger partial charge < -0.3 is 4.90 Å². The molecule has 0 atom stereocenters. The number of amides is 1. The van der Waals surface area contributed by atoms with E-state index in [4.69, 9.17) is 0 Å². The second kappa shape index (κ2) is 8.24. The highest BCUT2D eigenvalue weighted by Crippen LogP contribution is 2.20. The van der Waals surface area contributed by atoms with Crippen molar-refractivity contribution in [3.05, 3.63) is 71.0 Å². The van der Waals surface area contributed by atoms with Gasteiger partial charge in [-0.2, -0.15) is 4.31 Å². The van der Waals surface area contributed by atoms with E-state index in [2.05, 4.69) is 0 Å². The molecular weight excluding hydrogens is 379 g/mol. The minimum atomic E-state index is -3.57. The Morgan fingerprint density at radius 1 is 1.00 bits per heavy atom. The van der Waals surface area contributed by atoms with Crippen molar-refractivity contribution in [2.45, 2.75) is 18.7 Å². The van der Waals surface area contributed by atoms with Crippen LogP contribution in [0.4, 0.5) is 4.39 Å². The van der Waals surface area contributed by atoms with Crippen molar-refractivity contribution in [1.29, 1.82) is 0 Å². The molecule has 0 spiro atoms. The average molecular weight is 402 g/mol. The highest BCUT2D eigenvalue weighted by molar-refractivity contribution is 7.89. The van der Waals surface area contributed by atoms with Gasteiger partial charge in [0.1, 0.15) is 5.82 Å². The molecule has 0 unspecified atom stereocenters. The summed E-state index contributed by atoms with van der Waals surface area (Å²) in [5, 5.41) is 0. The van der Waals surface area contributed by atoms with E-state index in [0.29, 0.717) is 18.7 Å². The quantitative estimate of drug-likeness (QED) is 0.739. The van der Waals surface area contributed by atoms with Crippen LogP contribution in [-0.4, -0.2) is 49.7 Å². The average Bonchev–Trinajstić information content (AvgIpc) is 2.68. The second-order valence-corrected chi connectivity index (χ2v) is 8.80. The highest BCUT2D eigenvalue weighted by atomic mass is 32.2. The van der Waals surface area contributed by atoms with Gasteiger partial charge in [-0.3, -0.25) is 4.79 Å². The largest absolute Gasteiger partial charge is 0.337 e. The Balaban J connectivity index is 1.63. The summed E-state index contributed by atoms with van der Waals surface area (Å²) in [5.41, 5.74) is 2.57. The maximum Gasteiger partial charge on any atom is 0.246 e. The lowest BCUT2D eigenvalue weighted by Gasteiger charge is -2.33. The number of aryl methyl sites for hydroxylation is 2. The Hall–Kier alpha value is -2.51. The summed E-state index contributed by atoms with van der Waals surface area (Å²) in [5.74, 6) is -0.577. The Morgan fingerprint density at radius 2 is 1.71 bits per heavy atom. The van der Waals surface area contributed by atoms with Crippen molar-refractivity contribution in [2.24, 2.45) is 0 Å². The van der Waals surface area contributed by atoms with E-state index < -0.39 is 10.0 Å². The lowest BCUT2D eigenvalue weighted by molar-refractivity contribution is -0.127. The number of carbonyl (C=O) groups excluding carboxylic acids is 1. The van der Waals surface area contributed by atoms with Crippen LogP contribution >= 0.6 is 0 Å². The first kappa shape index (κ1) is 20.2. The molecule has 0 saturated carbocycles. The van der Waals surface area contributed by atoms with Crippen LogP contribution in [0, 0.1) is 19.7 Å². The van der Waals surface area contributed by atoms with Crippen molar-refractivity contribution in [2.75, 3.05) is 26.2 Å². The lowest BCUT2D eigenvalue weighted by atomic mass is 10.1. The van der Waals surface area contributed by atoms with E-state index in [1.807, 2.05) is 13.8 Å². The smallest absolute Gasteiger partial charge is 0.246 e. The number of hydrogen-bond acceptors (Lipinski definition) is 3. The monoisotopic (exact) mass is 402 g/mol. The van der Waals surface area contributed by atoms with Gasteiger partial charge in [0.05, 0.1) is 4.90 Å². The number of carbonyl (C=O) groups is 1. The van der Waals surface area contributed by atoms with Gasteiger partial charge in [-0.05, 0) is 60.9 Å². The maximum atomic E-state index is 13.2. The van der Waals surface area contributed by atoms with Gasteiger partial charge in [-0.1, -0.05) is 18.2 Å².